The van der Waals surface area contributed by atoms with Crippen LogP contribution in [0.25, 0.3) is 10.9 Å². The summed E-state index contributed by atoms with van der Waals surface area (Å²) in [6.45, 7) is 1.43. The molecule has 0 fully saturated rings. The molecule has 3 aromatic carbocycles. The number of ether oxygens (including phenoxy) is 5. The van der Waals surface area contributed by atoms with E-state index in [1.165, 1.54) is 0 Å². The molecule has 0 atom stereocenters. The third kappa shape index (κ3) is 4.51. The van der Waals surface area contributed by atoms with Gasteiger partial charge in [-0.05, 0) is 48.0 Å². The first-order valence-corrected chi connectivity index (χ1v) is 11.8. The van der Waals surface area contributed by atoms with Gasteiger partial charge in [0.15, 0.2) is 23.0 Å². The second-order valence-electron chi connectivity index (χ2n) is 8.79. The molecule has 1 N–H and O–H groups in total. The number of carbonyl (C=O) groups excluding carboxylic acids is 1. The number of nitrogens with one attached hydrogen (secondary N) is 1. The van der Waals surface area contributed by atoms with Gasteiger partial charge in [-0.2, -0.15) is 0 Å². The van der Waals surface area contributed by atoms with Crippen molar-refractivity contribution in [2.24, 2.45) is 0 Å². The molecule has 188 valence electrons. The topological polar surface area (TPSA) is 99.3 Å². The third-order valence-electron chi connectivity index (χ3n) is 6.36. The molecule has 0 saturated heterocycles. The van der Waals surface area contributed by atoms with Crippen molar-refractivity contribution in [3.05, 3.63) is 87.7 Å². The Kier molecular flexibility index (Phi) is 5.80. The van der Waals surface area contributed by atoms with Crippen LogP contribution in [0, 0.1) is 0 Å². The van der Waals surface area contributed by atoms with Gasteiger partial charge < -0.3 is 33.6 Å². The van der Waals surface area contributed by atoms with Crippen LogP contribution in [0.4, 0.5) is 0 Å². The zero-order chi connectivity index (χ0) is 25.4. The van der Waals surface area contributed by atoms with Gasteiger partial charge in [0.1, 0.15) is 19.0 Å². The van der Waals surface area contributed by atoms with Crippen LogP contribution in [-0.2, 0) is 13.1 Å². The highest BCUT2D eigenvalue weighted by molar-refractivity contribution is 5.94. The van der Waals surface area contributed by atoms with E-state index in [1.807, 2.05) is 24.3 Å². The van der Waals surface area contributed by atoms with Gasteiger partial charge >= 0.3 is 0 Å². The van der Waals surface area contributed by atoms with E-state index in [9.17, 15) is 9.59 Å². The van der Waals surface area contributed by atoms with Crippen LogP contribution in [0.3, 0.4) is 0 Å². The van der Waals surface area contributed by atoms with Gasteiger partial charge in [-0.3, -0.25) is 9.59 Å². The van der Waals surface area contributed by atoms with Crippen molar-refractivity contribution in [2.75, 3.05) is 27.1 Å². The number of pyridine rings is 1. The maximum Gasteiger partial charge on any atom is 0.254 e. The number of amides is 1. The fraction of sp³-hybridized carbons (Fsp3) is 0.214. The van der Waals surface area contributed by atoms with E-state index in [0.717, 1.165) is 10.9 Å². The second kappa shape index (κ2) is 9.42. The van der Waals surface area contributed by atoms with E-state index >= 15 is 0 Å². The molecule has 2 aliphatic heterocycles. The number of hydrogen-bond acceptors (Lipinski definition) is 7. The van der Waals surface area contributed by atoms with Gasteiger partial charge in [0.05, 0.1) is 19.2 Å². The van der Waals surface area contributed by atoms with Crippen LogP contribution in [0.5, 0.6) is 28.7 Å². The largest absolute Gasteiger partial charge is 0.497 e. The number of hydrogen-bond donors (Lipinski definition) is 1. The highest BCUT2D eigenvalue weighted by Gasteiger charge is 2.22. The predicted molar refractivity (Wildman–Crippen MR) is 135 cm³/mol. The molecule has 1 amide bonds. The van der Waals surface area contributed by atoms with Crippen molar-refractivity contribution in [1.82, 2.24) is 9.88 Å². The van der Waals surface area contributed by atoms with Gasteiger partial charge in [0.25, 0.3) is 11.5 Å². The zero-order valence-electron chi connectivity index (χ0n) is 20.1. The fourth-order valence-corrected chi connectivity index (χ4v) is 4.51. The molecule has 0 saturated carbocycles. The highest BCUT2D eigenvalue weighted by Crippen LogP contribution is 2.35. The first-order valence-electron chi connectivity index (χ1n) is 11.8. The number of benzene rings is 3. The van der Waals surface area contributed by atoms with Gasteiger partial charge in [0, 0.05) is 29.1 Å². The Labute approximate surface area is 212 Å². The Bertz CT molecular complexity index is 1560. The summed E-state index contributed by atoms with van der Waals surface area (Å²) in [6, 6.07) is 17.9. The zero-order valence-corrected chi connectivity index (χ0v) is 20.1. The molecule has 4 aromatic rings. The van der Waals surface area contributed by atoms with E-state index in [-0.39, 0.29) is 31.3 Å². The van der Waals surface area contributed by atoms with Crippen LogP contribution in [0.2, 0.25) is 0 Å². The predicted octanol–water partition coefficient (Wildman–Crippen LogP) is 3.88. The minimum Gasteiger partial charge on any atom is -0.497 e. The molecule has 3 heterocycles. The number of H-pyrrole nitrogens is 1. The molecule has 9 nitrogen and oxygen atoms in total. The molecule has 0 spiro atoms. The smallest absolute Gasteiger partial charge is 0.254 e. The monoisotopic (exact) mass is 500 g/mol. The Morgan fingerprint density at radius 1 is 0.892 bits per heavy atom. The number of aromatic amines is 1. The maximum absolute atomic E-state index is 13.7. The normalized spacial score (nSPS) is 13.4. The lowest BCUT2D eigenvalue weighted by molar-refractivity contribution is 0.0729. The van der Waals surface area contributed by atoms with Crippen LogP contribution in [0.15, 0.2) is 65.5 Å². The molecule has 0 bridgehead atoms. The number of nitrogens with zero attached hydrogens (tertiary/aromatic N) is 1. The number of rotatable bonds is 6. The third-order valence-corrected chi connectivity index (χ3v) is 6.36. The number of methoxy groups -OCH3 is 1. The number of aromatic nitrogens is 1. The molecule has 0 radical (unpaired) electrons. The first kappa shape index (κ1) is 22.8. The summed E-state index contributed by atoms with van der Waals surface area (Å²) in [7, 11) is 1.55. The quantitative estimate of drug-likeness (QED) is 0.429. The van der Waals surface area contributed by atoms with E-state index in [4.69, 9.17) is 23.7 Å². The average Bonchev–Trinajstić information content (AvgIpc) is 3.39. The van der Waals surface area contributed by atoms with Crippen LogP contribution in [0.1, 0.15) is 21.5 Å². The lowest BCUT2D eigenvalue weighted by Crippen LogP contribution is -2.32. The SMILES string of the molecule is COc1cccc(C(=O)N(Cc2ccc3c(c2)OCO3)Cc2cc3cc4c(cc3[nH]c2=O)OCCO4)c1. The highest BCUT2D eigenvalue weighted by atomic mass is 16.7. The summed E-state index contributed by atoms with van der Waals surface area (Å²) in [4.78, 5) is 31.3. The lowest BCUT2D eigenvalue weighted by Gasteiger charge is -2.24. The molecule has 2 aliphatic rings. The molecular formula is C28H24N2O7. The molecule has 37 heavy (non-hydrogen) atoms. The van der Waals surface area contributed by atoms with Crippen molar-refractivity contribution >= 4 is 16.8 Å². The Morgan fingerprint density at radius 2 is 1.68 bits per heavy atom. The van der Waals surface area contributed by atoms with E-state index in [1.54, 1.807) is 48.4 Å². The van der Waals surface area contributed by atoms with Crippen molar-refractivity contribution in [3.8, 4) is 28.7 Å². The lowest BCUT2D eigenvalue weighted by atomic mass is 10.1. The first-order chi connectivity index (χ1) is 18.1. The van der Waals surface area contributed by atoms with Crippen molar-refractivity contribution in [1.29, 1.82) is 0 Å². The van der Waals surface area contributed by atoms with Crippen molar-refractivity contribution < 1.29 is 28.5 Å². The average molecular weight is 501 g/mol. The van der Waals surface area contributed by atoms with Crippen molar-refractivity contribution in [2.45, 2.75) is 13.1 Å². The molecule has 0 aliphatic carbocycles. The Morgan fingerprint density at radius 3 is 2.51 bits per heavy atom. The fourth-order valence-electron chi connectivity index (χ4n) is 4.51. The van der Waals surface area contributed by atoms with Crippen LogP contribution >= 0.6 is 0 Å². The molecule has 9 heteroatoms. The van der Waals surface area contributed by atoms with Crippen LogP contribution < -0.4 is 29.2 Å². The molecule has 0 unspecified atom stereocenters. The Hall–Kier alpha value is -4.66. The van der Waals surface area contributed by atoms with E-state index < -0.39 is 0 Å². The molecule has 6 rings (SSSR count). The van der Waals surface area contributed by atoms with Gasteiger partial charge in [0.2, 0.25) is 6.79 Å². The van der Waals surface area contributed by atoms with Gasteiger partial charge in [-0.15, -0.1) is 0 Å². The number of carbonyl (C=O) groups is 1. The maximum atomic E-state index is 13.7. The summed E-state index contributed by atoms with van der Waals surface area (Å²) < 4.78 is 27.6. The van der Waals surface area contributed by atoms with Crippen LogP contribution in [-0.4, -0.2) is 42.9 Å². The summed E-state index contributed by atoms with van der Waals surface area (Å²) in [5, 5.41) is 0.788. The van der Waals surface area contributed by atoms with Gasteiger partial charge in [-0.25, -0.2) is 0 Å². The minimum atomic E-state index is -0.279. The standard InChI is InChI=1S/C28H24N2O7/c1-33-21-4-2-3-18(11-21)28(32)30(14-17-5-6-23-24(9-17)37-16-36-23)15-20-10-19-12-25-26(35-8-7-34-25)13-22(19)29-27(20)31/h2-6,9-13H,7-8,14-16H2,1H3,(H,29,31). The summed E-state index contributed by atoms with van der Waals surface area (Å²) >= 11 is 0. The van der Waals surface area contributed by atoms with Gasteiger partial charge in [-0.1, -0.05) is 12.1 Å². The molecular weight excluding hydrogens is 476 g/mol. The summed E-state index contributed by atoms with van der Waals surface area (Å²) in [5.41, 5.74) is 2.10. The number of fused-ring (bicyclic) bond motifs is 3. The second-order valence-corrected chi connectivity index (χ2v) is 8.79. The Balaban J connectivity index is 1.36. The summed E-state index contributed by atoms with van der Waals surface area (Å²) in [6.07, 6.45) is 0. The van der Waals surface area contributed by atoms with E-state index in [2.05, 4.69) is 4.98 Å². The van der Waals surface area contributed by atoms with Crippen molar-refractivity contribution in [3.63, 3.8) is 0 Å². The van der Waals surface area contributed by atoms with E-state index in [0.29, 0.717) is 58.6 Å². The summed E-state index contributed by atoms with van der Waals surface area (Å²) in [5.74, 6) is 2.85. The minimum absolute atomic E-state index is 0.0875. The molecule has 1 aromatic heterocycles.